The Labute approximate surface area is 131 Å². The third kappa shape index (κ3) is 2.90. The second-order valence-corrected chi connectivity index (χ2v) is 5.90. The second kappa shape index (κ2) is 6.79. The molecule has 0 amide bonds. The van der Waals surface area contributed by atoms with Crippen molar-refractivity contribution in [1.29, 1.82) is 0 Å². The van der Waals surface area contributed by atoms with E-state index in [1.807, 2.05) is 13.0 Å². The number of aromatic nitrogens is 2. The van der Waals surface area contributed by atoms with E-state index >= 15 is 0 Å². The van der Waals surface area contributed by atoms with E-state index in [9.17, 15) is 0 Å². The highest BCUT2D eigenvalue weighted by atomic mass is 16.5. The van der Waals surface area contributed by atoms with Gasteiger partial charge in [0, 0.05) is 37.3 Å². The van der Waals surface area contributed by atoms with Crippen LogP contribution in [0.4, 0.5) is 5.82 Å². The van der Waals surface area contributed by atoms with Gasteiger partial charge in [-0.25, -0.2) is 9.97 Å². The number of ether oxygens (including phenoxy) is 3. The van der Waals surface area contributed by atoms with Crippen molar-refractivity contribution < 1.29 is 14.2 Å². The summed E-state index contributed by atoms with van der Waals surface area (Å²) in [6.45, 7) is 7.01. The van der Waals surface area contributed by atoms with Crippen molar-refractivity contribution >= 4 is 5.82 Å². The van der Waals surface area contributed by atoms with Crippen LogP contribution in [0.5, 0.6) is 5.88 Å². The molecular formula is C16H25N3O3. The molecule has 2 atom stereocenters. The number of rotatable bonds is 6. The zero-order chi connectivity index (χ0) is 15.4. The predicted molar refractivity (Wildman–Crippen MR) is 83.1 cm³/mol. The Bertz CT molecular complexity index is 491. The molecule has 0 radical (unpaired) electrons. The highest BCUT2D eigenvalue weighted by molar-refractivity contribution is 5.40. The summed E-state index contributed by atoms with van der Waals surface area (Å²) in [6, 6.07) is 2.24. The van der Waals surface area contributed by atoms with Crippen molar-refractivity contribution in [3.63, 3.8) is 0 Å². The quantitative estimate of drug-likeness (QED) is 0.869. The molecule has 2 fully saturated rings. The SMILES string of the molecule is CCOc1cc(NC2CC(OCC)C23CCOCC3)ncn1. The lowest BCUT2D eigenvalue weighted by molar-refractivity contribution is -0.159. The van der Waals surface area contributed by atoms with E-state index in [1.54, 1.807) is 6.33 Å². The lowest BCUT2D eigenvalue weighted by Crippen LogP contribution is -2.63. The van der Waals surface area contributed by atoms with E-state index in [0.29, 0.717) is 24.6 Å². The van der Waals surface area contributed by atoms with E-state index in [-0.39, 0.29) is 5.41 Å². The lowest BCUT2D eigenvalue weighted by Gasteiger charge is -2.57. The molecule has 2 aliphatic rings. The van der Waals surface area contributed by atoms with Crippen molar-refractivity contribution in [1.82, 2.24) is 9.97 Å². The van der Waals surface area contributed by atoms with Crippen molar-refractivity contribution in [3.8, 4) is 5.88 Å². The minimum absolute atomic E-state index is 0.172. The van der Waals surface area contributed by atoms with E-state index in [2.05, 4.69) is 22.2 Å². The van der Waals surface area contributed by atoms with Crippen molar-refractivity contribution in [3.05, 3.63) is 12.4 Å². The fourth-order valence-corrected chi connectivity index (χ4v) is 3.63. The minimum Gasteiger partial charge on any atom is -0.478 e. The van der Waals surface area contributed by atoms with Crippen LogP contribution in [0.3, 0.4) is 0 Å². The molecule has 22 heavy (non-hydrogen) atoms. The van der Waals surface area contributed by atoms with Gasteiger partial charge >= 0.3 is 0 Å². The minimum atomic E-state index is 0.172. The first-order valence-electron chi connectivity index (χ1n) is 8.19. The topological polar surface area (TPSA) is 65.5 Å². The predicted octanol–water partition coefficient (Wildman–Crippen LogP) is 2.26. The number of hydrogen-bond donors (Lipinski definition) is 1. The third-order valence-electron chi connectivity index (χ3n) is 4.83. The molecule has 0 bridgehead atoms. The van der Waals surface area contributed by atoms with E-state index in [4.69, 9.17) is 14.2 Å². The Morgan fingerprint density at radius 3 is 2.82 bits per heavy atom. The molecule has 1 N–H and O–H groups in total. The van der Waals surface area contributed by atoms with E-state index in [1.165, 1.54) is 0 Å². The Kier molecular flexibility index (Phi) is 4.78. The van der Waals surface area contributed by atoms with Gasteiger partial charge in [-0.2, -0.15) is 0 Å². The van der Waals surface area contributed by atoms with Gasteiger partial charge in [0.15, 0.2) is 0 Å². The molecule has 6 nitrogen and oxygen atoms in total. The van der Waals surface area contributed by atoms with Gasteiger partial charge in [0.1, 0.15) is 12.1 Å². The van der Waals surface area contributed by atoms with Crippen LogP contribution in [0, 0.1) is 5.41 Å². The largest absolute Gasteiger partial charge is 0.478 e. The van der Waals surface area contributed by atoms with Gasteiger partial charge in [-0.3, -0.25) is 0 Å². The zero-order valence-electron chi connectivity index (χ0n) is 13.4. The van der Waals surface area contributed by atoms with Crippen molar-refractivity contribution in [2.75, 3.05) is 31.7 Å². The zero-order valence-corrected chi connectivity index (χ0v) is 13.4. The summed E-state index contributed by atoms with van der Waals surface area (Å²) in [5.74, 6) is 1.44. The number of nitrogens with zero attached hydrogens (tertiary/aromatic N) is 2. The Morgan fingerprint density at radius 2 is 2.09 bits per heavy atom. The number of anilines is 1. The first-order valence-corrected chi connectivity index (χ1v) is 8.19. The van der Waals surface area contributed by atoms with Crippen LogP contribution in [-0.2, 0) is 9.47 Å². The van der Waals surface area contributed by atoms with Crippen LogP contribution in [0.15, 0.2) is 12.4 Å². The molecule has 122 valence electrons. The van der Waals surface area contributed by atoms with Crippen LogP contribution in [0.1, 0.15) is 33.1 Å². The van der Waals surface area contributed by atoms with Crippen molar-refractivity contribution in [2.45, 2.75) is 45.3 Å². The van der Waals surface area contributed by atoms with Crippen LogP contribution in [-0.4, -0.2) is 48.5 Å². The van der Waals surface area contributed by atoms with Gasteiger partial charge in [0.05, 0.1) is 12.7 Å². The molecule has 0 aromatic carbocycles. The second-order valence-electron chi connectivity index (χ2n) is 5.90. The summed E-state index contributed by atoms with van der Waals surface area (Å²) >= 11 is 0. The molecule has 3 rings (SSSR count). The molecule has 1 spiro atoms. The summed E-state index contributed by atoms with van der Waals surface area (Å²) in [5.41, 5.74) is 0.172. The first kappa shape index (κ1) is 15.5. The average molecular weight is 307 g/mol. The maximum Gasteiger partial charge on any atom is 0.218 e. The normalized spacial score (nSPS) is 26.5. The van der Waals surface area contributed by atoms with Crippen LogP contribution in [0.25, 0.3) is 0 Å². The molecular weight excluding hydrogens is 282 g/mol. The molecule has 2 heterocycles. The highest BCUT2D eigenvalue weighted by Gasteiger charge is 2.56. The summed E-state index contributed by atoms with van der Waals surface area (Å²) < 4.78 is 16.9. The maximum atomic E-state index is 5.95. The summed E-state index contributed by atoms with van der Waals surface area (Å²) in [7, 11) is 0. The fourth-order valence-electron chi connectivity index (χ4n) is 3.63. The van der Waals surface area contributed by atoms with Gasteiger partial charge in [-0.15, -0.1) is 0 Å². The Morgan fingerprint density at radius 1 is 1.27 bits per heavy atom. The Balaban J connectivity index is 1.70. The average Bonchev–Trinajstić information content (AvgIpc) is 2.55. The molecule has 1 aromatic rings. The van der Waals surface area contributed by atoms with E-state index in [0.717, 1.165) is 44.9 Å². The van der Waals surface area contributed by atoms with Gasteiger partial charge in [0.25, 0.3) is 0 Å². The van der Waals surface area contributed by atoms with Crippen LogP contribution < -0.4 is 10.1 Å². The van der Waals surface area contributed by atoms with E-state index < -0.39 is 0 Å². The summed E-state index contributed by atoms with van der Waals surface area (Å²) in [6.07, 6.45) is 4.97. The van der Waals surface area contributed by atoms with Gasteiger partial charge < -0.3 is 19.5 Å². The van der Waals surface area contributed by atoms with Crippen LogP contribution >= 0.6 is 0 Å². The molecule has 1 aromatic heterocycles. The molecule has 1 saturated carbocycles. The fraction of sp³-hybridized carbons (Fsp3) is 0.750. The maximum absolute atomic E-state index is 5.95. The summed E-state index contributed by atoms with van der Waals surface area (Å²) in [5, 5.41) is 3.56. The monoisotopic (exact) mass is 307 g/mol. The number of hydrogen-bond acceptors (Lipinski definition) is 6. The highest BCUT2D eigenvalue weighted by Crippen LogP contribution is 2.51. The van der Waals surface area contributed by atoms with Gasteiger partial charge in [0.2, 0.25) is 5.88 Å². The first-order chi connectivity index (χ1) is 10.8. The van der Waals surface area contributed by atoms with Gasteiger partial charge in [-0.1, -0.05) is 0 Å². The number of nitrogens with one attached hydrogen (secondary N) is 1. The molecule has 1 aliphatic carbocycles. The third-order valence-corrected chi connectivity index (χ3v) is 4.83. The smallest absolute Gasteiger partial charge is 0.218 e. The molecule has 6 heteroatoms. The Hall–Kier alpha value is -1.40. The lowest BCUT2D eigenvalue weighted by atomic mass is 9.57. The molecule has 1 aliphatic heterocycles. The molecule has 2 unspecified atom stereocenters. The van der Waals surface area contributed by atoms with Crippen molar-refractivity contribution in [2.24, 2.45) is 5.41 Å². The molecule has 1 saturated heterocycles. The van der Waals surface area contributed by atoms with Gasteiger partial charge in [-0.05, 0) is 33.1 Å². The summed E-state index contributed by atoms with van der Waals surface area (Å²) in [4.78, 5) is 8.43. The standard InChI is InChI=1S/C16H25N3O3/c1-3-21-13-9-12(16(13)5-7-20-8-6-16)19-14-10-15(22-4-2)18-11-17-14/h10-13H,3-9H2,1-2H3,(H,17,18,19). The van der Waals surface area contributed by atoms with Crippen LogP contribution in [0.2, 0.25) is 0 Å².